The van der Waals surface area contributed by atoms with Crippen LogP contribution in [0.1, 0.15) is 16.0 Å². The molecule has 0 saturated carbocycles. The average molecular weight is 466 g/mol. The van der Waals surface area contributed by atoms with E-state index in [0.717, 1.165) is 21.7 Å². The van der Waals surface area contributed by atoms with E-state index in [1.54, 1.807) is 23.8 Å². The predicted molar refractivity (Wildman–Crippen MR) is 132 cm³/mol. The third-order valence-corrected chi connectivity index (χ3v) is 7.22. The first-order valence-corrected chi connectivity index (χ1v) is 11.8. The Bertz CT molecular complexity index is 1360. The van der Waals surface area contributed by atoms with Crippen LogP contribution >= 0.6 is 23.1 Å². The van der Waals surface area contributed by atoms with E-state index in [4.69, 9.17) is 9.72 Å². The molecule has 0 saturated heterocycles. The highest BCUT2D eigenvalue weighted by Crippen LogP contribution is 2.30. The number of ether oxygens (including phenoxy) is 1. The fraction of sp³-hybridized carbons (Fsp3) is 0.208. The zero-order chi connectivity index (χ0) is 22.8. The van der Waals surface area contributed by atoms with Crippen LogP contribution in [0, 0.1) is 20.8 Å². The molecule has 0 aliphatic carbocycles. The number of para-hydroxylation sites is 2. The van der Waals surface area contributed by atoms with Crippen molar-refractivity contribution in [3.05, 3.63) is 74.9 Å². The second kappa shape index (κ2) is 9.18. The van der Waals surface area contributed by atoms with Gasteiger partial charge in [0.1, 0.15) is 10.6 Å². The molecule has 6 nitrogen and oxygen atoms in total. The number of nitrogens with one attached hydrogen (secondary N) is 1. The molecule has 0 aliphatic heterocycles. The van der Waals surface area contributed by atoms with Crippen LogP contribution < -0.4 is 15.6 Å². The molecule has 2 aromatic heterocycles. The number of aromatic nitrogens is 2. The molecule has 0 atom stereocenters. The van der Waals surface area contributed by atoms with Gasteiger partial charge in [-0.05, 0) is 50.6 Å². The number of nitrogens with zero attached hydrogens (tertiary/aromatic N) is 2. The van der Waals surface area contributed by atoms with Gasteiger partial charge in [-0.3, -0.25) is 14.2 Å². The van der Waals surface area contributed by atoms with Gasteiger partial charge in [0.2, 0.25) is 5.91 Å². The lowest BCUT2D eigenvalue weighted by Gasteiger charge is -2.13. The van der Waals surface area contributed by atoms with Gasteiger partial charge in [0.25, 0.3) is 5.56 Å². The topological polar surface area (TPSA) is 73.2 Å². The maximum Gasteiger partial charge on any atom is 0.267 e. The van der Waals surface area contributed by atoms with Crippen LogP contribution in [0.3, 0.4) is 0 Å². The number of carbonyl (C=O) groups excluding carboxylic acids is 1. The van der Waals surface area contributed by atoms with E-state index >= 15 is 0 Å². The Kier molecular flexibility index (Phi) is 6.34. The molecule has 8 heteroatoms. The minimum Gasteiger partial charge on any atom is -0.495 e. The van der Waals surface area contributed by atoms with Crippen LogP contribution in [0.4, 0.5) is 5.69 Å². The van der Waals surface area contributed by atoms with Gasteiger partial charge in [0, 0.05) is 4.88 Å². The van der Waals surface area contributed by atoms with Crippen molar-refractivity contribution in [1.82, 2.24) is 9.55 Å². The fourth-order valence-corrected chi connectivity index (χ4v) is 5.24. The maximum absolute atomic E-state index is 13.5. The number of hydrogen-bond acceptors (Lipinski definition) is 6. The average Bonchev–Trinajstić information content (AvgIpc) is 3.07. The minimum absolute atomic E-state index is 0.102. The molecule has 0 unspecified atom stereocenters. The Morgan fingerprint density at radius 2 is 1.84 bits per heavy atom. The predicted octanol–water partition coefficient (Wildman–Crippen LogP) is 5.11. The molecule has 0 radical (unpaired) electrons. The molecular formula is C24H23N3O3S2. The van der Waals surface area contributed by atoms with E-state index in [0.29, 0.717) is 26.8 Å². The number of benzene rings is 2. The summed E-state index contributed by atoms with van der Waals surface area (Å²) in [5.74, 6) is 0.486. The molecule has 2 aromatic carbocycles. The van der Waals surface area contributed by atoms with Gasteiger partial charge in [-0.15, -0.1) is 11.3 Å². The molecule has 0 bridgehead atoms. The van der Waals surface area contributed by atoms with Crippen molar-refractivity contribution in [2.75, 3.05) is 18.2 Å². The van der Waals surface area contributed by atoms with Gasteiger partial charge < -0.3 is 10.1 Å². The highest BCUT2D eigenvalue weighted by atomic mass is 32.2. The number of rotatable bonds is 6. The molecule has 0 fully saturated rings. The summed E-state index contributed by atoms with van der Waals surface area (Å²) in [7, 11) is 1.56. The smallest absolute Gasteiger partial charge is 0.267 e. The molecule has 4 aromatic rings. The Labute approximate surface area is 194 Å². The van der Waals surface area contributed by atoms with Crippen molar-refractivity contribution >= 4 is 44.9 Å². The Morgan fingerprint density at radius 3 is 2.56 bits per heavy atom. The zero-order valence-electron chi connectivity index (χ0n) is 18.3. The molecule has 1 amide bonds. The third kappa shape index (κ3) is 4.28. The van der Waals surface area contributed by atoms with Crippen LogP contribution in [-0.4, -0.2) is 28.3 Å². The van der Waals surface area contributed by atoms with Gasteiger partial charge >= 0.3 is 0 Å². The van der Waals surface area contributed by atoms with Crippen molar-refractivity contribution in [3.63, 3.8) is 0 Å². The standard InChI is InChI=1S/C24H23N3O3S2/c1-14-9-11-17(12-10-14)27-23(29)21-15(2)16(3)32-22(21)26-24(27)31-13-20(28)25-18-7-5-6-8-19(18)30-4/h5-12H,13H2,1-4H3,(H,25,28). The van der Waals surface area contributed by atoms with Gasteiger partial charge in [-0.25, -0.2) is 4.98 Å². The highest BCUT2D eigenvalue weighted by molar-refractivity contribution is 7.99. The number of hydrogen-bond donors (Lipinski definition) is 1. The normalized spacial score (nSPS) is 11.0. The monoisotopic (exact) mass is 465 g/mol. The van der Waals surface area contributed by atoms with Crippen molar-refractivity contribution in [2.45, 2.75) is 25.9 Å². The number of anilines is 1. The second-order valence-electron chi connectivity index (χ2n) is 7.37. The Morgan fingerprint density at radius 1 is 1.12 bits per heavy atom. The summed E-state index contributed by atoms with van der Waals surface area (Å²) in [6.07, 6.45) is 0. The molecule has 0 aliphatic rings. The van der Waals surface area contributed by atoms with Gasteiger partial charge in [-0.1, -0.05) is 41.6 Å². The number of thiophene rings is 1. The molecule has 4 rings (SSSR count). The van der Waals surface area contributed by atoms with E-state index in [9.17, 15) is 9.59 Å². The Balaban J connectivity index is 1.69. The first-order chi connectivity index (χ1) is 15.4. The van der Waals surface area contributed by atoms with Crippen molar-refractivity contribution in [1.29, 1.82) is 0 Å². The summed E-state index contributed by atoms with van der Waals surface area (Å²) in [6, 6.07) is 15.0. The number of methoxy groups -OCH3 is 1. The van der Waals surface area contributed by atoms with E-state index in [1.165, 1.54) is 23.1 Å². The fourth-order valence-electron chi connectivity index (χ4n) is 3.36. The van der Waals surface area contributed by atoms with E-state index in [-0.39, 0.29) is 17.2 Å². The number of carbonyl (C=O) groups is 1. The van der Waals surface area contributed by atoms with Crippen molar-refractivity contribution in [2.24, 2.45) is 0 Å². The largest absolute Gasteiger partial charge is 0.495 e. The van der Waals surface area contributed by atoms with Crippen molar-refractivity contribution < 1.29 is 9.53 Å². The lowest BCUT2D eigenvalue weighted by molar-refractivity contribution is -0.113. The lowest BCUT2D eigenvalue weighted by atomic mass is 10.2. The molecule has 0 spiro atoms. The number of amides is 1. The first-order valence-electron chi connectivity index (χ1n) is 10.0. The SMILES string of the molecule is COc1ccccc1NC(=O)CSc1nc2sc(C)c(C)c2c(=O)n1-c1ccc(C)cc1. The molecule has 1 N–H and O–H groups in total. The lowest BCUT2D eigenvalue weighted by Crippen LogP contribution is -2.23. The zero-order valence-corrected chi connectivity index (χ0v) is 19.9. The highest BCUT2D eigenvalue weighted by Gasteiger charge is 2.19. The summed E-state index contributed by atoms with van der Waals surface area (Å²) >= 11 is 2.74. The van der Waals surface area contributed by atoms with Crippen LogP contribution in [0.2, 0.25) is 0 Å². The summed E-state index contributed by atoms with van der Waals surface area (Å²) in [6.45, 7) is 5.94. The van der Waals surface area contributed by atoms with Crippen molar-refractivity contribution in [3.8, 4) is 11.4 Å². The molecule has 32 heavy (non-hydrogen) atoms. The van der Waals surface area contributed by atoms with Crippen LogP contribution in [0.25, 0.3) is 15.9 Å². The van der Waals surface area contributed by atoms with E-state index in [2.05, 4.69) is 5.32 Å². The summed E-state index contributed by atoms with van der Waals surface area (Å²) in [5.41, 5.74) is 3.27. The number of thioether (sulfide) groups is 1. The van der Waals surface area contributed by atoms with Gasteiger partial charge in [0.15, 0.2) is 5.16 Å². The van der Waals surface area contributed by atoms with Crippen LogP contribution in [-0.2, 0) is 4.79 Å². The first kappa shape index (κ1) is 22.1. The van der Waals surface area contributed by atoms with Crippen LogP contribution in [0.15, 0.2) is 58.5 Å². The quantitative estimate of drug-likeness (QED) is 0.316. The van der Waals surface area contributed by atoms with E-state index in [1.807, 2.05) is 57.2 Å². The van der Waals surface area contributed by atoms with Gasteiger partial charge in [-0.2, -0.15) is 0 Å². The van der Waals surface area contributed by atoms with Crippen LogP contribution in [0.5, 0.6) is 5.75 Å². The number of fused-ring (bicyclic) bond motifs is 1. The summed E-state index contributed by atoms with van der Waals surface area (Å²) in [5, 5.41) is 3.99. The number of aryl methyl sites for hydroxylation is 3. The molecule has 164 valence electrons. The Hall–Kier alpha value is -3.10. The second-order valence-corrected chi connectivity index (χ2v) is 9.52. The van der Waals surface area contributed by atoms with E-state index < -0.39 is 0 Å². The minimum atomic E-state index is -0.206. The maximum atomic E-state index is 13.5. The van der Waals surface area contributed by atoms with Gasteiger partial charge in [0.05, 0.1) is 29.6 Å². The summed E-state index contributed by atoms with van der Waals surface area (Å²) in [4.78, 5) is 32.7. The third-order valence-electron chi connectivity index (χ3n) is 5.18. The molecular weight excluding hydrogens is 442 g/mol. The summed E-state index contributed by atoms with van der Waals surface area (Å²) < 4.78 is 6.89. The molecule has 2 heterocycles.